The molecule has 3 N–H and O–H groups in total. The van der Waals surface area contributed by atoms with Gasteiger partial charge in [-0.25, -0.2) is 0 Å². The molecule has 0 saturated heterocycles. The number of carbonyl (C=O) groups excluding carboxylic acids is 1. The Morgan fingerprint density at radius 3 is 2.70 bits per heavy atom. The predicted octanol–water partition coefficient (Wildman–Crippen LogP) is 3.79. The first-order valence-electron chi connectivity index (χ1n) is 7.39. The number of thioether (sulfide) groups is 1. The summed E-state index contributed by atoms with van der Waals surface area (Å²) in [5, 5.41) is 3.67. The molecule has 1 fully saturated rings. The van der Waals surface area contributed by atoms with Crippen LogP contribution in [0.25, 0.3) is 0 Å². The lowest BCUT2D eigenvalue weighted by atomic mass is 9.99. The van der Waals surface area contributed by atoms with Gasteiger partial charge in [0.25, 0.3) is 0 Å². The van der Waals surface area contributed by atoms with Crippen LogP contribution in [0.5, 0.6) is 0 Å². The maximum atomic E-state index is 12.2. The normalized spacial score (nSPS) is 18.8. The topological polar surface area (TPSA) is 55.1 Å². The van der Waals surface area contributed by atoms with Crippen LogP contribution >= 0.6 is 11.8 Å². The largest absolute Gasteiger partial charge is 0.323 e. The first-order valence-corrected chi connectivity index (χ1v) is 8.27. The van der Waals surface area contributed by atoms with Crippen LogP contribution in [0.2, 0.25) is 0 Å². The second-order valence-corrected chi connectivity index (χ2v) is 7.09. The minimum atomic E-state index is -0.814. The van der Waals surface area contributed by atoms with Crippen molar-refractivity contribution in [3.8, 4) is 0 Å². The number of nitrogens with two attached hydrogens (primary N) is 1. The molecule has 4 heteroatoms. The van der Waals surface area contributed by atoms with Crippen molar-refractivity contribution in [2.75, 3.05) is 5.32 Å². The van der Waals surface area contributed by atoms with E-state index in [0.717, 1.165) is 10.6 Å². The van der Waals surface area contributed by atoms with E-state index in [1.54, 1.807) is 6.92 Å². The monoisotopic (exact) mass is 292 g/mol. The Kier molecular flexibility index (Phi) is 5.11. The highest BCUT2D eigenvalue weighted by Crippen LogP contribution is 2.38. The average molecular weight is 292 g/mol. The third-order valence-corrected chi connectivity index (χ3v) is 5.40. The molecule has 1 atom stereocenters. The van der Waals surface area contributed by atoms with Crippen molar-refractivity contribution in [1.29, 1.82) is 0 Å². The van der Waals surface area contributed by atoms with Gasteiger partial charge >= 0.3 is 0 Å². The first kappa shape index (κ1) is 15.4. The summed E-state index contributed by atoms with van der Waals surface area (Å²) in [4.78, 5) is 13.4. The van der Waals surface area contributed by atoms with Crippen LogP contribution in [0.1, 0.15) is 46.0 Å². The van der Waals surface area contributed by atoms with Gasteiger partial charge in [0.1, 0.15) is 0 Å². The molecule has 1 aliphatic rings. The van der Waals surface area contributed by atoms with Gasteiger partial charge < -0.3 is 11.1 Å². The summed E-state index contributed by atoms with van der Waals surface area (Å²) in [6.45, 7) is 3.70. The number of hydrogen-bond donors (Lipinski definition) is 2. The van der Waals surface area contributed by atoms with E-state index in [1.807, 2.05) is 36.9 Å². The predicted molar refractivity (Wildman–Crippen MR) is 86.1 cm³/mol. The van der Waals surface area contributed by atoms with Crippen molar-refractivity contribution in [3.63, 3.8) is 0 Å². The fourth-order valence-electron chi connectivity index (χ4n) is 2.28. The lowest BCUT2D eigenvalue weighted by Gasteiger charge is -2.23. The molecule has 1 aromatic rings. The lowest BCUT2D eigenvalue weighted by Crippen LogP contribution is -2.47. The Balaban J connectivity index is 2.09. The van der Waals surface area contributed by atoms with E-state index in [-0.39, 0.29) is 5.91 Å². The molecular weight excluding hydrogens is 268 g/mol. The quantitative estimate of drug-likeness (QED) is 0.868. The molecule has 0 aliphatic heterocycles. The van der Waals surface area contributed by atoms with E-state index < -0.39 is 5.54 Å². The van der Waals surface area contributed by atoms with Crippen LogP contribution in [0, 0.1) is 0 Å². The minimum absolute atomic E-state index is 0.112. The zero-order valence-electron chi connectivity index (χ0n) is 12.3. The number of hydrogen-bond acceptors (Lipinski definition) is 3. The van der Waals surface area contributed by atoms with Crippen LogP contribution in [0.3, 0.4) is 0 Å². The highest BCUT2D eigenvalue weighted by atomic mass is 32.2. The Bertz CT molecular complexity index is 467. The number of carbonyl (C=O) groups is 1. The third-order valence-electron chi connectivity index (χ3n) is 3.98. The second-order valence-electron chi connectivity index (χ2n) is 5.75. The fraction of sp³-hybridized carbons (Fsp3) is 0.562. The molecule has 0 spiro atoms. The molecule has 1 aromatic carbocycles. The molecule has 20 heavy (non-hydrogen) atoms. The summed E-state index contributed by atoms with van der Waals surface area (Å²) < 4.78 is 0. The van der Waals surface area contributed by atoms with Gasteiger partial charge in [0, 0.05) is 10.1 Å². The van der Waals surface area contributed by atoms with E-state index in [2.05, 4.69) is 11.4 Å². The highest BCUT2D eigenvalue weighted by Gasteiger charge is 2.27. The summed E-state index contributed by atoms with van der Waals surface area (Å²) >= 11 is 1.88. The number of anilines is 1. The van der Waals surface area contributed by atoms with Gasteiger partial charge in [-0.2, -0.15) is 0 Å². The summed E-state index contributed by atoms with van der Waals surface area (Å²) in [6.07, 6.45) is 5.82. The Hall–Kier alpha value is -1.00. The molecule has 0 radical (unpaired) electrons. The van der Waals surface area contributed by atoms with Gasteiger partial charge in [-0.05, 0) is 38.3 Å². The Morgan fingerprint density at radius 2 is 2.05 bits per heavy atom. The summed E-state index contributed by atoms with van der Waals surface area (Å²) in [5.74, 6) is -0.112. The van der Waals surface area contributed by atoms with Gasteiger partial charge in [-0.3, -0.25) is 4.79 Å². The van der Waals surface area contributed by atoms with Gasteiger partial charge in [-0.15, -0.1) is 11.8 Å². The minimum Gasteiger partial charge on any atom is -0.323 e. The van der Waals surface area contributed by atoms with Crippen molar-refractivity contribution in [2.24, 2.45) is 5.73 Å². The molecule has 1 unspecified atom stereocenters. The van der Waals surface area contributed by atoms with Crippen LogP contribution in [0.15, 0.2) is 29.2 Å². The molecule has 1 saturated carbocycles. The summed E-state index contributed by atoms with van der Waals surface area (Å²) in [7, 11) is 0. The number of nitrogens with one attached hydrogen (secondary N) is 1. The number of para-hydroxylation sites is 1. The van der Waals surface area contributed by atoms with E-state index in [1.165, 1.54) is 25.7 Å². The van der Waals surface area contributed by atoms with Crippen molar-refractivity contribution in [2.45, 2.75) is 61.6 Å². The maximum absolute atomic E-state index is 12.2. The number of amides is 1. The van der Waals surface area contributed by atoms with Crippen LogP contribution in [0.4, 0.5) is 5.69 Å². The smallest absolute Gasteiger partial charge is 0.244 e. The Morgan fingerprint density at radius 1 is 1.40 bits per heavy atom. The SMILES string of the molecule is CCC(C)(N)C(=O)Nc1ccccc1SC1CCCC1. The number of rotatable bonds is 5. The molecule has 2 rings (SSSR count). The first-order chi connectivity index (χ1) is 9.53. The Labute approximate surface area is 125 Å². The molecule has 1 aliphatic carbocycles. The molecule has 0 aromatic heterocycles. The van der Waals surface area contributed by atoms with Crippen LogP contribution < -0.4 is 11.1 Å². The molecule has 0 bridgehead atoms. The fourth-order valence-corrected chi connectivity index (χ4v) is 3.62. The zero-order valence-corrected chi connectivity index (χ0v) is 13.1. The van der Waals surface area contributed by atoms with Crippen LogP contribution in [-0.4, -0.2) is 16.7 Å². The average Bonchev–Trinajstić information content (AvgIpc) is 2.94. The van der Waals surface area contributed by atoms with E-state index in [9.17, 15) is 4.79 Å². The second kappa shape index (κ2) is 6.64. The van der Waals surface area contributed by atoms with Crippen molar-refractivity contribution >= 4 is 23.4 Å². The van der Waals surface area contributed by atoms with Gasteiger partial charge in [0.15, 0.2) is 0 Å². The van der Waals surface area contributed by atoms with Crippen molar-refractivity contribution in [3.05, 3.63) is 24.3 Å². The third kappa shape index (κ3) is 3.76. The maximum Gasteiger partial charge on any atom is 0.244 e. The van der Waals surface area contributed by atoms with E-state index >= 15 is 0 Å². The molecule has 0 heterocycles. The zero-order chi connectivity index (χ0) is 14.6. The van der Waals surface area contributed by atoms with Gasteiger partial charge in [0.2, 0.25) is 5.91 Å². The van der Waals surface area contributed by atoms with Crippen LogP contribution in [-0.2, 0) is 4.79 Å². The van der Waals surface area contributed by atoms with Gasteiger partial charge in [0.05, 0.1) is 11.2 Å². The van der Waals surface area contributed by atoms with Crippen molar-refractivity contribution < 1.29 is 4.79 Å². The van der Waals surface area contributed by atoms with Crippen molar-refractivity contribution in [1.82, 2.24) is 0 Å². The summed E-state index contributed by atoms with van der Waals surface area (Å²) in [6, 6.07) is 8.02. The standard InChI is InChI=1S/C16H24N2OS/c1-3-16(2,17)15(19)18-13-10-6-7-11-14(13)20-12-8-4-5-9-12/h6-7,10-12H,3-5,8-9,17H2,1-2H3,(H,18,19). The molecule has 110 valence electrons. The van der Waals surface area contributed by atoms with E-state index in [4.69, 9.17) is 5.73 Å². The molecule has 1 amide bonds. The lowest BCUT2D eigenvalue weighted by molar-refractivity contribution is -0.120. The number of benzene rings is 1. The highest BCUT2D eigenvalue weighted by molar-refractivity contribution is 8.00. The van der Waals surface area contributed by atoms with Gasteiger partial charge in [-0.1, -0.05) is 31.9 Å². The summed E-state index contributed by atoms with van der Waals surface area (Å²) in [5.41, 5.74) is 6.08. The molecule has 3 nitrogen and oxygen atoms in total. The van der Waals surface area contributed by atoms with E-state index in [0.29, 0.717) is 11.7 Å². The molecular formula is C16H24N2OS.